The van der Waals surface area contributed by atoms with Crippen molar-refractivity contribution in [1.29, 1.82) is 0 Å². The summed E-state index contributed by atoms with van der Waals surface area (Å²) in [6, 6.07) is 4.76. The Bertz CT molecular complexity index is 551. The molecule has 0 bridgehead atoms. The molecule has 1 atom stereocenters. The van der Waals surface area contributed by atoms with Crippen LogP contribution in [0.15, 0.2) is 18.2 Å². The predicted octanol–water partition coefficient (Wildman–Crippen LogP) is 3.96. The summed E-state index contributed by atoms with van der Waals surface area (Å²) in [6.07, 6.45) is -4.26. The zero-order chi connectivity index (χ0) is 16.9. The molecule has 0 aliphatic carbocycles. The zero-order valence-electron chi connectivity index (χ0n) is 13.8. The summed E-state index contributed by atoms with van der Waals surface area (Å²) in [6.45, 7) is 10.7. The molecule has 0 aromatic heterocycles. The van der Waals surface area contributed by atoms with E-state index in [1.54, 1.807) is 12.1 Å². The largest absolute Gasteiger partial charge is 0.495 e. The molecule has 1 heterocycles. The molecule has 1 aliphatic heterocycles. The van der Waals surface area contributed by atoms with E-state index in [0.29, 0.717) is 5.46 Å². The number of hydrogen-bond acceptors (Lipinski definition) is 2. The van der Waals surface area contributed by atoms with Crippen LogP contribution in [-0.2, 0) is 9.31 Å². The minimum Gasteiger partial charge on any atom is -0.399 e. The maximum absolute atomic E-state index is 12.9. The Labute approximate surface area is 130 Å². The zero-order valence-corrected chi connectivity index (χ0v) is 13.8. The van der Waals surface area contributed by atoms with Crippen molar-refractivity contribution in [3.63, 3.8) is 0 Å². The fraction of sp³-hybridized carbons (Fsp3) is 0.625. The van der Waals surface area contributed by atoms with Crippen LogP contribution in [-0.4, -0.2) is 24.5 Å². The van der Waals surface area contributed by atoms with E-state index in [0.717, 1.165) is 5.56 Å². The van der Waals surface area contributed by atoms with Gasteiger partial charge in [0.2, 0.25) is 0 Å². The number of rotatable bonds is 2. The van der Waals surface area contributed by atoms with Crippen LogP contribution in [0.2, 0.25) is 0 Å². The van der Waals surface area contributed by atoms with Crippen LogP contribution >= 0.6 is 0 Å². The fourth-order valence-electron chi connectivity index (χ4n) is 2.34. The van der Waals surface area contributed by atoms with Crippen molar-refractivity contribution >= 4 is 12.6 Å². The Kier molecular flexibility index (Phi) is 4.16. The first-order valence-corrected chi connectivity index (χ1v) is 7.38. The molecule has 1 aromatic rings. The van der Waals surface area contributed by atoms with Crippen LogP contribution in [0.4, 0.5) is 13.2 Å². The second kappa shape index (κ2) is 5.27. The van der Waals surface area contributed by atoms with E-state index in [9.17, 15) is 13.2 Å². The van der Waals surface area contributed by atoms with Crippen LogP contribution in [0.3, 0.4) is 0 Å². The third-order valence-corrected chi connectivity index (χ3v) is 4.80. The molecule has 2 nitrogen and oxygen atoms in total. The number of alkyl halides is 3. The standard InChI is InChI=1S/C16H22BF3O2/c1-10-7-8-12(11(2)16(18,19)20)9-13(10)17-21-14(3,4)15(5,6)22-17/h7-9,11H,1-6H3. The first kappa shape index (κ1) is 17.4. The lowest BCUT2D eigenvalue weighted by Crippen LogP contribution is -2.41. The normalized spacial score (nSPS) is 22.0. The van der Waals surface area contributed by atoms with Crippen molar-refractivity contribution < 1.29 is 22.5 Å². The number of halogens is 3. The summed E-state index contributed by atoms with van der Waals surface area (Å²) in [5.74, 6) is -1.52. The quantitative estimate of drug-likeness (QED) is 0.769. The van der Waals surface area contributed by atoms with Gasteiger partial charge in [-0.15, -0.1) is 0 Å². The van der Waals surface area contributed by atoms with Crippen LogP contribution < -0.4 is 5.46 Å². The van der Waals surface area contributed by atoms with Crippen molar-refractivity contribution in [2.24, 2.45) is 0 Å². The molecule has 122 valence electrons. The minimum atomic E-state index is -4.26. The summed E-state index contributed by atoms with van der Waals surface area (Å²) in [4.78, 5) is 0. The Balaban J connectivity index is 2.37. The Hall–Kier alpha value is -1.01. The molecule has 6 heteroatoms. The molecular formula is C16H22BF3O2. The molecule has 0 spiro atoms. The van der Waals surface area contributed by atoms with Crippen molar-refractivity contribution in [2.75, 3.05) is 0 Å². The monoisotopic (exact) mass is 314 g/mol. The molecule has 2 rings (SSSR count). The minimum absolute atomic E-state index is 0.225. The molecule has 1 aromatic carbocycles. The maximum Gasteiger partial charge on any atom is 0.495 e. The molecule has 22 heavy (non-hydrogen) atoms. The van der Waals surface area contributed by atoms with Gasteiger partial charge in [0.15, 0.2) is 0 Å². The predicted molar refractivity (Wildman–Crippen MR) is 81.4 cm³/mol. The van der Waals surface area contributed by atoms with Gasteiger partial charge in [-0.05, 0) is 52.6 Å². The van der Waals surface area contributed by atoms with Gasteiger partial charge < -0.3 is 9.31 Å². The topological polar surface area (TPSA) is 18.5 Å². The van der Waals surface area contributed by atoms with Crippen molar-refractivity contribution in [3.05, 3.63) is 29.3 Å². The van der Waals surface area contributed by atoms with Crippen molar-refractivity contribution in [1.82, 2.24) is 0 Å². The molecule has 0 saturated carbocycles. The third kappa shape index (κ3) is 3.04. The molecule has 0 radical (unpaired) electrons. The lowest BCUT2D eigenvalue weighted by atomic mass is 9.74. The van der Waals surface area contributed by atoms with E-state index in [1.807, 2.05) is 34.6 Å². The second-order valence-corrected chi connectivity index (χ2v) is 6.97. The Morgan fingerprint density at radius 3 is 2.00 bits per heavy atom. The second-order valence-electron chi connectivity index (χ2n) is 6.97. The average molecular weight is 314 g/mol. The van der Waals surface area contributed by atoms with E-state index in [2.05, 4.69) is 0 Å². The fourth-order valence-corrected chi connectivity index (χ4v) is 2.34. The highest BCUT2D eigenvalue weighted by Crippen LogP contribution is 2.38. The molecular weight excluding hydrogens is 292 g/mol. The van der Waals surface area contributed by atoms with Gasteiger partial charge in [0.25, 0.3) is 0 Å². The van der Waals surface area contributed by atoms with E-state index in [1.165, 1.54) is 13.0 Å². The van der Waals surface area contributed by atoms with Crippen LogP contribution in [0.25, 0.3) is 0 Å². The molecule has 1 saturated heterocycles. The van der Waals surface area contributed by atoms with E-state index in [-0.39, 0.29) is 5.56 Å². The molecule has 0 N–H and O–H groups in total. The highest BCUT2D eigenvalue weighted by atomic mass is 19.4. The van der Waals surface area contributed by atoms with E-state index >= 15 is 0 Å². The van der Waals surface area contributed by atoms with E-state index < -0.39 is 30.4 Å². The van der Waals surface area contributed by atoms with Gasteiger partial charge in [-0.25, -0.2) is 0 Å². The smallest absolute Gasteiger partial charge is 0.399 e. The van der Waals surface area contributed by atoms with Gasteiger partial charge >= 0.3 is 13.3 Å². The highest BCUT2D eigenvalue weighted by Gasteiger charge is 2.52. The first-order chi connectivity index (χ1) is 9.85. The van der Waals surface area contributed by atoms with Crippen LogP contribution in [0.5, 0.6) is 0 Å². The van der Waals surface area contributed by atoms with Gasteiger partial charge in [0.05, 0.1) is 17.1 Å². The Morgan fingerprint density at radius 2 is 1.55 bits per heavy atom. The summed E-state index contributed by atoms with van der Waals surface area (Å²) in [5, 5.41) is 0. The highest BCUT2D eigenvalue weighted by molar-refractivity contribution is 6.62. The molecule has 0 amide bonds. The van der Waals surface area contributed by atoms with Gasteiger partial charge in [0, 0.05) is 0 Å². The SMILES string of the molecule is Cc1ccc(C(C)C(F)(F)F)cc1B1OC(C)(C)C(C)(C)O1. The average Bonchev–Trinajstić information content (AvgIpc) is 2.57. The number of hydrogen-bond donors (Lipinski definition) is 0. The summed E-state index contributed by atoms with van der Waals surface area (Å²) >= 11 is 0. The van der Waals surface area contributed by atoms with Gasteiger partial charge in [-0.3, -0.25) is 0 Å². The van der Waals surface area contributed by atoms with Crippen LogP contribution in [0.1, 0.15) is 51.7 Å². The van der Waals surface area contributed by atoms with Gasteiger partial charge in [0.1, 0.15) is 0 Å². The number of aryl methyl sites for hydroxylation is 1. The molecule has 1 unspecified atom stereocenters. The summed E-state index contributed by atoms with van der Waals surface area (Å²) in [5.41, 5.74) is 0.706. The lowest BCUT2D eigenvalue weighted by molar-refractivity contribution is -0.146. The number of benzene rings is 1. The lowest BCUT2D eigenvalue weighted by Gasteiger charge is -2.32. The first-order valence-electron chi connectivity index (χ1n) is 7.38. The van der Waals surface area contributed by atoms with Gasteiger partial charge in [-0.2, -0.15) is 13.2 Å². The van der Waals surface area contributed by atoms with Crippen molar-refractivity contribution in [3.8, 4) is 0 Å². The third-order valence-electron chi connectivity index (χ3n) is 4.80. The summed E-state index contributed by atoms with van der Waals surface area (Å²) in [7, 11) is -0.648. The molecule has 1 aliphatic rings. The molecule has 1 fully saturated rings. The Morgan fingerprint density at radius 1 is 1.05 bits per heavy atom. The maximum atomic E-state index is 12.9. The summed E-state index contributed by atoms with van der Waals surface area (Å²) < 4.78 is 50.7. The van der Waals surface area contributed by atoms with Crippen LogP contribution in [0, 0.1) is 6.92 Å². The van der Waals surface area contributed by atoms with E-state index in [4.69, 9.17) is 9.31 Å². The van der Waals surface area contributed by atoms with Crippen molar-refractivity contribution in [2.45, 2.75) is 64.8 Å². The van der Waals surface area contributed by atoms with Gasteiger partial charge in [-0.1, -0.05) is 23.8 Å².